The molecule has 0 aliphatic heterocycles. The van der Waals surface area contributed by atoms with E-state index in [-0.39, 0.29) is 0 Å². The van der Waals surface area contributed by atoms with E-state index in [1.807, 2.05) is 0 Å². The molecular formula is C68H44N2. The minimum atomic E-state index is 1.09. The third-order valence-electron chi connectivity index (χ3n) is 14.5. The Labute approximate surface area is 407 Å². The highest BCUT2D eigenvalue weighted by molar-refractivity contribution is 6.26. The molecular weight excluding hydrogens is 845 g/mol. The lowest BCUT2D eigenvalue weighted by molar-refractivity contribution is 1.18. The summed E-state index contributed by atoms with van der Waals surface area (Å²) < 4.78 is 2.37. The molecule has 2 heteroatoms. The number of benzene rings is 12. The van der Waals surface area contributed by atoms with Crippen LogP contribution in [0.4, 0.5) is 17.1 Å². The first-order chi connectivity index (χ1) is 34.7. The maximum Gasteiger partial charge on any atom is 0.0541 e. The lowest BCUT2D eigenvalue weighted by atomic mass is 9.70. The highest BCUT2D eigenvalue weighted by atomic mass is 15.1. The lowest BCUT2D eigenvalue weighted by Crippen LogP contribution is -2.10. The summed E-state index contributed by atoms with van der Waals surface area (Å²) in [5.74, 6) is 0. The van der Waals surface area contributed by atoms with Crippen molar-refractivity contribution in [2.45, 2.75) is 0 Å². The fourth-order valence-electron chi connectivity index (χ4n) is 11.3. The maximum absolute atomic E-state index is 2.44. The smallest absolute Gasteiger partial charge is 0.0541 e. The number of hydrogen-bond donors (Lipinski definition) is 0. The van der Waals surface area contributed by atoms with Crippen molar-refractivity contribution in [3.63, 3.8) is 0 Å². The van der Waals surface area contributed by atoms with E-state index in [2.05, 4.69) is 276 Å². The standard InChI is InChI=1S/C68H44N2/c1-5-17-45(18-6-1)46-29-35-54(36-30-46)69(55-37-31-47(32-38-55)50-34-40-64-60(42-50)57-25-15-16-28-63(57)70(64)53-23-11-4-12-24-53)56-39-33-51-43-61-62(44-52(51)41-56)68-66(49-21-9-3-10-22-49)59-27-14-13-26-58(59)65(67(61)68)48-19-7-2-8-20-48/h1-44H. The monoisotopic (exact) mass is 888 g/mol. The molecule has 0 amide bonds. The summed E-state index contributed by atoms with van der Waals surface area (Å²) in [6.45, 7) is 0. The van der Waals surface area contributed by atoms with E-state index in [1.165, 1.54) is 110 Å². The minimum Gasteiger partial charge on any atom is -0.310 e. The van der Waals surface area contributed by atoms with Crippen molar-refractivity contribution < 1.29 is 0 Å². The summed E-state index contributed by atoms with van der Waals surface area (Å²) in [7, 11) is 0. The fraction of sp³-hybridized carbons (Fsp3) is 0. The number of anilines is 3. The molecule has 1 aliphatic carbocycles. The van der Waals surface area contributed by atoms with Crippen LogP contribution in [0.1, 0.15) is 0 Å². The van der Waals surface area contributed by atoms with Crippen LogP contribution < -0.4 is 4.90 Å². The second kappa shape index (κ2) is 16.2. The van der Waals surface area contributed by atoms with Crippen molar-refractivity contribution in [2.24, 2.45) is 0 Å². The topological polar surface area (TPSA) is 8.17 Å². The largest absolute Gasteiger partial charge is 0.310 e. The summed E-state index contributed by atoms with van der Waals surface area (Å²) in [4.78, 5) is 2.40. The van der Waals surface area contributed by atoms with Gasteiger partial charge in [-0.05, 0) is 167 Å². The second-order valence-electron chi connectivity index (χ2n) is 18.4. The SMILES string of the molecule is c1ccc(-c2ccc(N(c3ccc(-c4ccc5c(c4)c4ccccc4n5-c4ccccc4)cc3)c3ccc4cc5c(cc4c3)-c3c-5c(-c4ccccc4)c4ccccc4c3-c3ccccc3)cc2)cc1. The van der Waals surface area contributed by atoms with Gasteiger partial charge in [-0.25, -0.2) is 0 Å². The van der Waals surface area contributed by atoms with Gasteiger partial charge in [-0.3, -0.25) is 0 Å². The van der Waals surface area contributed by atoms with Gasteiger partial charge in [0.2, 0.25) is 0 Å². The van der Waals surface area contributed by atoms with Gasteiger partial charge < -0.3 is 9.47 Å². The van der Waals surface area contributed by atoms with Gasteiger partial charge >= 0.3 is 0 Å². The molecule has 326 valence electrons. The van der Waals surface area contributed by atoms with Gasteiger partial charge in [-0.2, -0.15) is 0 Å². The Morgan fingerprint density at radius 2 is 0.671 bits per heavy atom. The van der Waals surface area contributed by atoms with E-state index in [9.17, 15) is 0 Å². The van der Waals surface area contributed by atoms with Crippen molar-refractivity contribution in [1.29, 1.82) is 0 Å². The van der Waals surface area contributed by atoms with Gasteiger partial charge in [0.25, 0.3) is 0 Å². The zero-order valence-electron chi connectivity index (χ0n) is 38.3. The third-order valence-corrected chi connectivity index (χ3v) is 14.5. The van der Waals surface area contributed by atoms with Gasteiger partial charge in [0.1, 0.15) is 0 Å². The second-order valence-corrected chi connectivity index (χ2v) is 18.4. The molecule has 1 aliphatic rings. The van der Waals surface area contributed by atoms with E-state index in [1.54, 1.807) is 0 Å². The Kier molecular flexibility index (Phi) is 9.25. The summed E-state index contributed by atoms with van der Waals surface area (Å²) in [6, 6.07) is 97.7. The van der Waals surface area contributed by atoms with E-state index in [4.69, 9.17) is 0 Å². The molecule has 2 nitrogen and oxygen atoms in total. The molecule has 0 spiro atoms. The van der Waals surface area contributed by atoms with Crippen LogP contribution in [0, 0.1) is 0 Å². The molecule has 0 saturated carbocycles. The average Bonchev–Trinajstić information content (AvgIpc) is 3.77. The van der Waals surface area contributed by atoms with Gasteiger partial charge in [-0.1, -0.05) is 188 Å². The first-order valence-corrected chi connectivity index (χ1v) is 24.2. The first kappa shape index (κ1) is 39.9. The summed E-state index contributed by atoms with van der Waals surface area (Å²) in [5.41, 5.74) is 22.0. The molecule has 0 N–H and O–H groups in total. The molecule has 0 atom stereocenters. The summed E-state index contributed by atoms with van der Waals surface area (Å²) >= 11 is 0. The summed E-state index contributed by atoms with van der Waals surface area (Å²) in [6.07, 6.45) is 0. The van der Waals surface area contributed by atoms with E-state index in [0.29, 0.717) is 0 Å². The Morgan fingerprint density at radius 1 is 0.243 bits per heavy atom. The molecule has 0 radical (unpaired) electrons. The molecule has 0 bridgehead atoms. The highest BCUT2D eigenvalue weighted by Gasteiger charge is 2.33. The van der Waals surface area contributed by atoms with Gasteiger partial charge in [-0.15, -0.1) is 0 Å². The zero-order chi connectivity index (χ0) is 46.1. The number of nitrogens with zero attached hydrogens (tertiary/aromatic N) is 2. The van der Waals surface area contributed by atoms with Crippen molar-refractivity contribution in [2.75, 3.05) is 4.90 Å². The molecule has 0 unspecified atom stereocenters. The number of aromatic nitrogens is 1. The molecule has 14 rings (SSSR count). The Balaban J connectivity index is 0.902. The van der Waals surface area contributed by atoms with Gasteiger partial charge in [0, 0.05) is 33.5 Å². The Bertz CT molecular complexity index is 4120. The van der Waals surface area contributed by atoms with Crippen molar-refractivity contribution >= 4 is 60.4 Å². The average molecular weight is 889 g/mol. The van der Waals surface area contributed by atoms with Crippen LogP contribution in [-0.2, 0) is 0 Å². The van der Waals surface area contributed by atoms with Gasteiger partial charge in [0.05, 0.1) is 11.0 Å². The van der Waals surface area contributed by atoms with Gasteiger partial charge in [0.15, 0.2) is 0 Å². The zero-order valence-corrected chi connectivity index (χ0v) is 38.3. The fourth-order valence-corrected chi connectivity index (χ4v) is 11.3. The molecule has 0 fully saturated rings. The number of rotatable bonds is 8. The Morgan fingerprint density at radius 3 is 1.26 bits per heavy atom. The normalized spacial score (nSPS) is 11.7. The van der Waals surface area contributed by atoms with E-state index < -0.39 is 0 Å². The minimum absolute atomic E-state index is 1.09. The van der Waals surface area contributed by atoms with Crippen molar-refractivity contribution in [3.8, 4) is 72.4 Å². The predicted molar refractivity (Wildman–Crippen MR) is 297 cm³/mol. The van der Waals surface area contributed by atoms with Crippen LogP contribution in [-0.4, -0.2) is 4.57 Å². The molecule has 12 aromatic carbocycles. The maximum atomic E-state index is 2.44. The van der Waals surface area contributed by atoms with Crippen LogP contribution in [0.2, 0.25) is 0 Å². The van der Waals surface area contributed by atoms with Crippen molar-refractivity contribution in [3.05, 3.63) is 267 Å². The van der Waals surface area contributed by atoms with Crippen LogP contribution in [0.5, 0.6) is 0 Å². The van der Waals surface area contributed by atoms with E-state index >= 15 is 0 Å². The lowest BCUT2D eigenvalue weighted by Gasteiger charge is -2.33. The molecule has 70 heavy (non-hydrogen) atoms. The first-order valence-electron chi connectivity index (χ1n) is 24.2. The quantitative estimate of drug-likeness (QED) is 0.148. The van der Waals surface area contributed by atoms with Crippen LogP contribution in [0.15, 0.2) is 267 Å². The Hall–Kier alpha value is -9.24. The van der Waals surface area contributed by atoms with Crippen molar-refractivity contribution in [1.82, 2.24) is 4.57 Å². The molecule has 1 aromatic heterocycles. The number of hydrogen-bond acceptors (Lipinski definition) is 1. The molecule has 13 aromatic rings. The number of para-hydroxylation sites is 2. The predicted octanol–water partition coefficient (Wildman–Crippen LogP) is 18.9. The van der Waals surface area contributed by atoms with E-state index in [0.717, 1.165) is 22.7 Å². The number of fused-ring (bicyclic) bond motifs is 9. The van der Waals surface area contributed by atoms with Crippen LogP contribution in [0.25, 0.3) is 116 Å². The molecule has 0 saturated heterocycles. The van der Waals surface area contributed by atoms with Crippen LogP contribution in [0.3, 0.4) is 0 Å². The highest BCUT2D eigenvalue weighted by Crippen LogP contribution is 2.60. The molecule has 1 heterocycles. The van der Waals surface area contributed by atoms with Crippen LogP contribution >= 0.6 is 0 Å². The third kappa shape index (κ3) is 6.42. The summed E-state index contributed by atoms with van der Waals surface area (Å²) in [5, 5.41) is 7.49.